The fourth-order valence-electron chi connectivity index (χ4n) is 2.96. The number of pyridine rings is 1. The molecule has 0 bridgehead atoms. The fraction of sp³-hybridized carbons (Fsp3) is 0.167. The average Bonchev–Trinajstić information content (AvgIpc) is 3.27. The molecule has 0 aliphatic rings. The number of nitrogens with zero attached hydrogens (tertiary/aromatic N) is 2. The number of ether oxygens (including phenoxy) is 2. The minimum Gasteiger partial charge on any atom is -0.487 e. The largest absolute Gasteiger partial charge is 0.487 e. The van der Waals surface area contributed by atoms with Crippen LogP contribution in [0.15, 0.2) is 35.3 Å². The molecule has 2 N–H and O–H groups in total. The first kappa shape index (κ1) is 16.5. The lowest BCUT2D eigenvalue weighted by atomic mass is 10.1. The zero-order chi connectivity index (χ0) is 18.1. The first-order chi connectivity index (χ1) is 12.7. The van der Waals surface area contributed by atoms with Crippen LogP contribution in [-0.2, 0) is 18.0 Å². The minimum absolute atomic E-state index is 0.00551. The second-order valence-electron chi connectivity index (χ2n) is 5.71. The molecule has 8 heteroatoms. The molecule has 0 fully saturated rings. The van der Waals surface area contributed by atoms with Crippen molar-refractivity contribution in [3.8, 4) is 5.75 Å². The molecule has 3 heterocycles. The van der Waals surface area contributed by atoms with E-state index in [4.69, 9.17) is 9.47 Å². The van der Waals surface area contributed by atoms with Crippen molar-refractivity contribution in [3.63, 3.8) is 0 Å². The fourth-order valence-corrected chi connectivity index (χ4v) is 3.51. The van der Waals surface area contributed by atoms with Gasteiger partial charge in [0.15, 0.2) is 5.69 Å². The van der Waals surface area contributed by atoms with Crippen LogP contribution in [0.2, 0.25) is 0 Å². The van der Waals surface area contributed by atoms with E-state index in [2.05, 4.69) is 15.0 Å². The molecule has 0 amide bonds. The number of aromatic nitrogens is 3. The van der Waals surface area contributed by atoms with Crippen LogP contribution in [0.1, 0.15) is 21.7 Å². The number of carboxylic acids is 1. The Balaban J connectivity index is 1.83. The van der Waals surface area contributed by atoms with Crippen LogP contribution in [0.4, 0.5) is 0 Å². The molecule has 3 aromatic heterocycles. The summed E-state index contributed by atoms with van der Waals surface area (Å²) in [6, 6.07) is 5.67. The Kier molecular flexibility index (Phi) is 4.27. The van der Waals surface area contributed by atoms with Crippen molar-refractivity contribution in [2.45, 2.75) is 13.2 Å². The summed E-state index contributed by atoms with van der Waals surface area (Å²) in [4.78, 5) is 23.1. The van der Waals surface area contributed by atoms with Crippen LogP contribution in [0, 0.1) is 0 Å². The predicted molar refractivity (Wildman–Crippen MR) is 97.7 cm³/mol. The van der Waals surface area contributed by atoms with Crippen molar-refractivity contribution in [2.75, 3.05) is 7.11 Å². The van der Waals surface area contributed by atoms with Crippen LogP contribution in [0.5, 0.6) is 5.75 Å². The van der Waals surface area contributed by atoms with Crippen LogP contribution in [-0.4, -0.2) is 33.1 Å². The van der Waals surface area contributed by atoms with Gasteiger partial charge in [-0.1, -0.05) is 0 Å². The predicted octanol–water partition coefficient (Wildman–Crippen LogP) is 3.60. The zero-order valence-electron chi connectivity index (χ0n) is 13.9. The molecule has 0 aliphatic heterocycles. The molecule has 1 aromatic carbocycles. The Morgan fingerprint density at radius 3 is 2.88 bits per heavy atom. The van der Waals surface area contributed by atoms with Gasteiger partial charge in [0, 0.05) is 34.3 Å². The first-order valence-electron chi connectivity index (χ1n) is 7.82. The van der Waals surface area contributed by atoms with E-state index in [1.54, 1.807) is 5.51 Å². The SMILES string of the molecule is COCc1c(C(=O)O)ncc2[nH]c3ccc(OCc4cscn4)cc3c12. The van der Waals surface area contributed by atoms with Gasteiger partial charge in [-0.3, -0.25) is 0 Å². The van der Waals surface area contributed by atoms with Gasteiger partial charge >= 0.3 is 5.97 Å². The first-order valence-corrected chi connectivity index (χ1v) is 8.77. The van der Waals surface area contributed by atoms with E-state index in [0.717, 1.165) is 27.5 Å². The van der Waals surface area contributed by atoms with Crippen molar-refractivity contribution < 1.29 is 19.4 Å². The second-order valence-corrected chi connectivity index (χ2v) is 6.43. The third-order valence-electron chi connectivity index (χ3n) is 4.07. The summed E-state index contributed by atoms with van der Waals surface area (Å²) >= 11 is 1.52. The molecule has 7 nitrogen and oxygen atoms in total. The molecular weight excluding hydrogens is 354 g/mol. The number of rotatable bonds is 6. The number of nitrogens with one attached hydrogen (secondary N) is 1. The van der Waals surface area contributed by atoms with Gasteiger partial charge in [0.25, 0.3) is 0 Å². The zero-order valence-corrected chi connectivity index (χ0v) is 14.7. The van der Waals surface area contributed by atoms with Gasteiger partial charge in [0.05, 0.1) is 29.5 Å². The number of carbonyl (C=O) groups is 1. The highest BCUT2D eigenvalue weighted by molar-refractivity contribution is 7.07. The Labute approximate surface area is 152 Å². The lowest BCUT2D eigenvalue weighted by Gasteiger charge is -2.07. The number of benzene rings is 1. The van der Waals surface area contributed by atoms with E-state index in [-0.39, 0.29) is 12.3 Å². The van der Waals surface area contributed by atoms with Crippen molar-refractivity contribution in [2.24, 2.45) is 0 Å². The maximum absolute atomic E-state index is 11.5. The quantitative estimate of drug-likeness (QED) is 0.539. The van der Waals surface area contributed by atoms with E-state index in [1.165, 1.54) is 24.6 Å². The summed E-state index contributed by atoms with van der Waals surface area (Å²) in [5, 5.41) is 13.0. The number of hydrogen-bond acceptors (Lipinski definition) is 6. The molecule has 132 valence electrons. The van der Waals surface area contributed by atoms with Gasteiger partial charge in [-0.15, -0.1) is 11.3 Å². The molecule has 0 unspecified atom stereocenters. The van der Waals surface area contributed by atoms with Gasteiger partial charge in [-0.05, 0) is 18.2 Å². The topological polar surface area (TPSA) is 97.3 Å². The van der Waals surface area contributed by atoms with Crippen LogP contribution >= 0.6 is 11.3 Å². The second kappa shape index (κ2) is 6.74. The van der Waals surface area contributed by atoms with Crippen LogP contribution in [0.3, 0.4) is 0 Å². The van der Waals surface area contributed by atoms with Gasteiger partial charge < -0.3 is 19.6 Å². The van der Waals surface area contributed by atoms with Crippen molar-refractivity contribution >= 4 is 39.1 Å². The molecule has 0 saturated carbocycles. The molecule has 0 radical (unpaired) electrons. The van der Waals surface area contributed by atoms with E-state index in [0.29, 0.717) is 17.9 Å². The summed E-state index contributed by atoms with van der Waals surface area (Å²) < 4.78 is 11.0. The average molecular weight is 369 g/mol. The lowest BCUT2D eigenvalue weighted by Crippen LogP contribution is -2.07. The monoisotopic (exact) mass is 369 g/mol. The van der Waals surface area contributed by atoms with Gasteiger partial charge in [-0.2, -0.15) is 0 Å². The maximum Gasteiger partial charge on any atom is 0.354 e. The number of aromatic amines is 1. The van der Waals surface area contributed by atoms with Crippen molar-refractivity contribution in [1.82, 2.24) is 15.0 Å². The van der Waals surface area contributed by atoms with E-state index >= 15 is 0 Å². The van der Waals surface area contributed by atoms with Crippen LogP contribution in [0.25, 0.3) is 21.8 Å². The highest BCUT2D eigenvalue weighted by Gasteiger charge is 2.19. The molecule has 0 atom stereocenters. The number of H-pyrrole nitrogens is 1. The number of thiazole rings is 1. The molecule has 4 aromatic rings. The normalized spacial score (nSPS) is 11.3. The Bertz CT molecular complexity index is 1090. The minimum atomic E-state index is -1.08. The van der Waals surface area contributed by atoms with E-state index < -0.39 is 5.97 Å². The van der Waals surface area contributed by atoms with Crippen molar-refractivity contribution in [3.05, 3.63) is 52.2 Å². The van der Waals surface area contributed by atoms with Gasteiger partial charge in [0.1, 0.15) is 12.4 Å². The summed E-state index contributed by atoms with van der Waals surface area (Å²) in [6.45, 7) is 0.535. The molecule has 26 heavy (non-hydrogen) atoms. The molecule has 0 aliphatic carbocycles. The third kappa shape index (κ3) is 2.89. The highest BCUT2D eigenvalue weighted by atomic mass is 32.1. The number of fused-ring (bicyclic) bond motifs is 3. The maximum atomic E-state index is 11.5. The standard InChI is InChI=1S/C18H15N3O4S/c1-24-7-13-16-12-4-11(25-6-10-8-26-9-20-10)2-3-14(12)21-15(16)5-19-17(13)18(22)23/h2-5,8-9,21H,6-7H2,1H3,(H,22,23). The van der Waals surface area contributed by atoms with Crippen LogP contribution < -0.4 is 4.74 Å². The Hall–Kier alpha value is -2.97. The molecule has 0 saturated heterocycles. The molecular formula is C18H15N3O4S. The Morgan fingerprint density at radius 1 is 1.27 bits per heavy atom. The summed E-state index contributed by atoms with van der Waals surface area (Å²) in [6.07, 6.45) is 1.54. The summed E-state index contributed by atoms with van der Waals surface area (Å²) in [7, 11) is 1.53. The molecule has 0 spiro atoms. The molecule has 4 rings (SSSR count). The summed E-state index contributed by atoms with van der Waals surface area (Å²) in [5.41, 5.74) is 4.80. The van der Waals surface area contributed by atoms with E-state index in [1.807, 2.05) is 23.6 Å². The Morgan fingerprint density at radius 2 is 2.15 bits per heavy atom. The van der Waals surface area contributed by atoms with Gasteiger partial charge in [-0.25, -0.2) is 14.8 Å². The number of methoxy groups -OCH3 is 1. The number of hydrogen-bond donors (Lipinski definition) is 2. The van der Waals surface area contributed by atoms with Crippen molar-refractivity contribution in [1.29, 1.82) is 0 Å². The van der Waals surface area contributed by atoms with Gasteiger partial charge in [0.2, 0.25) is 0 Å². The summed E-state index contributed by atoms with van der Waals surface area (Å²) in [5.74, 6) is -0.396. The van der Waals surface area contributed by atoms with E-state index in [9.17, 15) is 9.90 Å². The highest BCUT2D eigenvalue weighted by Crippen LogP contribution is 2.32. The number of carboxylic acid groups (broad SMARTS) is 1. The third-order valence-corrected chi connectivity index (χ3v) is 4.71. The number of aromatic carboxylic acids is 1. The lowest BCUT2D eigenvalue weighted by molar-refractivity contribution is 0.0685. The smallest absolute Gasteiger partial charge is 0.354 e.